The average molecular weight is 565 g/mol. The lowest BCUT2D eigenvalue weighted by Gasteiger charge is -2.43. The first-order chi connectivity index (χ1) is 18.7. The topological polar surface area (TPSA) is 137 Å². The molecule has 1 aliphatic carbocycles. The zero-order valence-corrected chi connectivity index (χ0v) is 23.4. The first-order valence-corrected chi connectivity index (χ1v) is 13.7. The second-order valence-electron chi connectivity index (χ2n) is 11.6. The fourth-order valence-electron chi connectivity index (χ4n) is 5.70. The largest absolute Gasteiger partial charge is 0.416 e. The van der Waals surface area contributed by atoms with Gasteiger partial charge in [-0.05, 0) is 64.7 Å². The van der Waals surface area contributed by atoms with Crippen molar-refractivity contribution in [2.24, 2.45) is 5.73 Å². The number of halogens is 3. The number of alkyl halides is 3. The van der Waals surface area contributed by atoms with Crippen molar-refractivity contribution < 1.29 is 22.8 Å². The van der Waals surface area contributed by atoms with Crippen LogP contribution in [0.4, 0.5) is 24.9 Å². The lowest BCUT2D eigenvalue weighted by molar-refractivity contribution is -0.137. The molecule has 1 aromatic heterocycles. The maximum atomic E-state index is 13.6. The monoisotopic (exact) mass is 564 g/mol. The molecule has 0 bridgehead atoms. The van der Waals surface area contributed by atoms with Crippen LogP contribution in [-0.4, -0.2) is 76.0 Å². The molecule has 1 aromatic carbocycles. The van der Waals surface area contributed by atoms with Gasteiger partial charge in [-0.2, -0.15) is 18.2 Å². The van der Waals surface area contributed by atoms with Gasteiger partial charge in [0.15, 0.2) is 0 Å². The van der Waals surface area contributed by atoms with E-state index in [0.29, 0.717) is 38.0 Å². The molecule has 40 heavy (non-hydrogen) atoms. The van der Waals surface area contributed by atoms with Crippen LogP contribution in [0.5, 0.6) is 0 Å². The number of benzene rings is 1. The van der Waals surface area contributed by atoms with Crippen molar-refractivity contribution in [1.82, 2.24) is 25.5 Å². The molecule has 1 aliphatic heterocycles. The van der Waals surface area contributed by atoms with Crippen LogP contribution in [0.15, 0.2) is 18.2 Å². The minimum absolute atomic E-state index is 0.0824. The summed E-state index contributed by atoms with van der Waals surface area (Å²) >= 11 is 0. The molecule has 0 unspecified atom stereocenters. The smallest absolute Gasteiger partial charge is 0.358 e. The SMILES string of the molecule is CC(=O)N[C@@H]1C[C@H](NC(C)(C)C)CC[C@@H]1N1CC[C@H](Nc2nc(NCCN)nc3ccc(C(F)(F)F)cc23)C1=O. The Balaban J connectivity index is 1.57. The van der Waals surface area contributed by atoms with Gasteiger partial charge in [-0.3, -0.25) is 9.59 Å². The number of hydrogen-bond donors (Lipinski definition) is 5. The molecule has 2 heterocycles. The van der Waals surface area contributed by atoms with E-state index in [9.17, 15) is 22.8 Å². The van der Waals surface area contributed by atoms with E-state index in [-0.39, 0.29) is 52.6 Å². The predicted molar refractivity (Wildman–Crippen MR) is 148 cm³/mol. The minimum Gasteiger partial charge on any atom is -0.358 e. The van der Waals surface area contributed by atoms with E-state index >= 15 is 0 Å². The van der Waals surface area contributed by atoms with E-state index in [4.69, 9.17) is 5.73 Å². The Bertz CT molecular complexity index is 1230. The lowest BCUT2D eigenvalue weighted by atomic mass is 9.84. The Kier molecular flexibility index (Phi) is 8.74. The van der Waals surface area contributed by atoms with Crippen LogP contribution >= 0.6 is 0 Å². The molecule has 4 rings (SSSR count). The van der Waals surface area contributed by atoms with Gasteiger partial charge in [-0.1, -0.05) is 0 Å². The second-order valence-corrected chi connectivity index (χ2v) is 11.6. The number of likely N-dealkylation sites (tertiary alicyclic amines) is 1. The van der Waals surface area contributed by atoms with Gasteiger partial charge in [0.05, 0.1) is 23.2 Å². The fourth-order valence-corrected chi connectivity index (χ4v) is 5.70. The van der Waals surface area contributed by atoms with Crippen molar-refractivity contribution in [3.63, 3.8) is 0 Å². The van der Waals surface area contributed by atoms with Gasteiger partial charge < -0.3 is 31.9 Å². The number of carbonyl (C=O) groups excluding carboxylic acids is 2. The summed E-state index contributed by atoms with van der Waals surface area (Å²) < 4.78 is 40.4. The second kappa shape index (κ2) is 11.7. The Morgan fingerprint density at radius 2 is 1.90 bits per heavy atom. The number of carbonyl (C=O) groups is 2. The van der Waals surface area contributed by atoms with Crippen LogP contribution in [0.2, 0.25) is 0 Å². The van der Waals surface area contributed by atoms with Crippen LogP contribution in [0.1, 0.15) is 58.9 Å². The number of rotatable bonds is 8. The van der Waals surface area contributed by atoms with Crippen molar-refractivity contribution in [1.29, 1.82) is 0 Å². The summed E-state index contributed by atoms with van der Waals surface area (Å²) in [7, 11) is 0. The van der Waals surface area contributed by atoms with E-state index < -0.39 is 17.8 Å². The molecule has 4 atom stereocenters. The normalized spacial score (nSPS) is 23.9. The van der Waals surface area contributed by atoms with Gasteiger partial charge in [0, 0.05) is 43.5 Å². The van der Waals surface area contributed by atoms with Gasteiger partial charge in [0.2, 0.25) is 17.8 Å². The van der Waals surface area contributed by atoms with Crippen LogP contribution in [-0.2, 0) is 15.8 Å². The average Bonchev–Trinajstić information content (AvgIpc) is 3.20. The Hall–Kier alpha value is -3.19. The summed E-state index contributed by atoms with van der Waals surface area (Å²) in [5.41, 5.74) is 4.97. The maximum absolute atomic E-state index is 13.6. The molecule has 10 nitrogen and oxygen atoms in total. The molecular formula is C27H39F3N8O2. The zero-order chi connectivity index (χ0) is 29.2. The Labute approximate surface area is 232 Å². The van der Waals surface area contributed by atoms with Gasteiger partial charge in [-0.25, -0.2) is 4.98 Å². The van der Waals surface area contributed by atoms with Crippen LogP contribution < -0.4 is 27.0 Å². The predicted octanol–water partition coefficient (Wildman–Crippen LogP) is 2.85. The molecule has 1 saturated carbocycles. The third-order valence-electron chi connectivity index (χ3n) is 7.24. The quantitative estimate of drug-likeness (QED) is 0.330. The third-order valence-corrected chi connectivity index (χ3v) is 7.24. The highest BCUT2D eigenvalue weighted by Gasteiger charge is 2.43. The van der Waals surface area contributed by atoms with Gasteiger partial charge >= 0.3 is 6.18 Å². The van der Waals surface area contributed by atoms with E-state index in [2.05, 4.69) is 52.0 Å². The fraction of sp³-hybridized carbons (Fsp3) is 0.630. The molecule has 220 valence electrons. The number of fused-ring (bicyclic) bond motifs is 1. The van der Waals surface area contributed by atoms with Crippen LogP contribution in [0, 0.1) is 0 Å². The first-order valence-electron chi connectivity index (χ1n) is 13.7. The van der Waals surface area contributed by atoms with Crippen molar-refractivity contribution in [2.75, 3.05) is 30.3 Å². The van der Waals surface area contributed by atoms with E-state index in [1.165, 1.54) is 13.0 Å². The number of aromatic nitrogens is 2. The Morgan fingerprint density at radius 1 is 1.15 bits per heavy atom. The molecule has 1 saturated heterocycles. The Morgan fingerprint density at radius 3 is 2.55 bits per heavy atom. The highest BCUT2D eigenvalue weighted by Crippen LogP contribution is 2.34. The highest BCUT2D eigenvalue weighted by molar-refractivity contribution is 5.94. The van der Waals surface area contributed by atoms with Crippen molar-refractivity contribution >= 4 is 34.5 Å². The number of hydrogen-bond acceptors (Lipinski definition) is 8. The molecule has 13 heteroatoms. The number of anilines is 2. The number of nitrogens with zero attached hydrogens (tertiary/aromatic N) is 3. The maximum Gasteiger partial charge on any atom is 0.416 e. The summed E-state index contributed by atoms with van der Waals surface area (Å²) in [5.74, 6) is 0.0289. The molecule has 2 fully saturated rings. The third kappa shape index (κ3) is 7.11. The summed E-state index contributed by atoms with van der Waals surface area (Å²) in [6.45, 7) is 8.91. The minimum atomic E-state index is -4.54. The number of nitrogens with one attached hydrogen (secondary N) is 4. The van der Waals surface area contributed by atoms with Crippen molar-refractivity contribution in [3.8, 4) is 0 Å². The van der Waals surface area contributed by atoms with Gasteiger partial charge in [0.1, 0.15) is 11.9 Å². The first kappa shape index (κ1) is 29.8. The number of nitrogens with two attached hydrogens (primary N) is 1. The molecule has 2 aromatic rings. The van der Waals surface area contributed by atoms with Gasteiger partial charge in [0.25, 0.3) is 0 Å². The molecule has 2 amide bonds. The summed E-state index contributed by atoms with van der Waals surface area (Å²) in [5, 5.41) is 12.9. The number of amides is 2. The van der Waals surface area contributed by atoms with Gasteiger partial charge in [-0.15, -0.1) is 0 Å². The highest BCUT2D eigenvalue weighted by atomic mass is 19.4. The summed E-state index contributed by atoms with van der Waals surface area (Å²) in [4.78, 5) is 36.2. The van der Waals surface area contributed by atoms with Crippen molar-refractivity contribution in [2.45, 2.75) is 89.3 Å². The summed E-state index contributed by atoms with van der Waals surface area (Å²) in [6, 6.07) is 2.40. The molecule has 6 N–H and O–H groups in total. The summed E-state index contributed by atoms with van der Waals surface area (Å²) in [6.07, 6.45) is -1.83. The van der Waals surface area contributed by atoms with E-state index in [1.807, 2.05) is 0 Å². The van der Waals surface area contributed by atoms with Crippen molar-refractivity contribution in [3.05, 3.63) is 23.8 Å². The van der Waals surface area contributed by atoms with E-state index in [0.717, 1.165) is 25.0 Å². The van der Waals surface area contributed by atoms with Crippen LogP contribution in [0.3, 0.4) is 0 Å². The molecule has 0 radical (unpaired) electrons. The lowest BCUT2D eigenvalue weighted by Crippen LogP contribution is -2.59. The molecule has 0 spiro atoms. The zero-order valence-electron chi connectivity index (χ0n) is 23.4. The standard InChI is InChI=1S/C27H39F3N8O2/c1-15(39)33-21-14-17(37-26(2,3)4)6-8-22(21)38-12-9-20(24(38)40)34-23-18-13-16(27(28,29)30)5-7-19(18)35-25(36-23)32-11-10-31/h5,7,13,17,20-22,37H,6,8-12,14,31H2,1-4H3,(H,33,39)(H2,32,34,35,36)/t17-,20+,21-,22+/m1/s1. The molecule has 2 aliphatic rings. The van der Waals surface area contributed by atoms with Crippen LogP contribution in [0.25, 0.3) is 10.9 Å². The van der Waals surface area contributed by atoms with E-state index in [1.54, 1.807) is 4.90 Å². The molecular weight excluding hydrogens is 525 g/mol.